The monoisotopic (exact) mass is 326 g/mol. The van der Waals surface area contributed by atoms with Crippen LogP contribution in [-0.4, -0.2) is 16.7 Å². The van der Waals surface area contributed by atoms with Crippen molar-refractivity contribution in [2.45, 2.75) is 37.8 Å². The molecular weight excluding hydrogens is 304 g/mol. The number of rotatable bonds is 5. The summed E-state index contributed by atoms with van der Waals surface area (Å²) in [7, 11) is 0. The number of nitrogens with two attached hydrogens (primary N) is 1. The van der Waals surface area contributed by atoms with Crippen LogP contribution in [0.1, 0.15) is 30.0 Å². The molecule has 0 fully saturated rings. The lowest BCUT2D eigenvalue weighted by atomic mass is 10.1. The zero-order valence-corrected chi connectivity index (χ0v) is 14.2. The number of anilines is 1. The summed E-state index contributed by atoms with van der Waals surface area (Å²) in [5.74, 6) is 1.46. The molecule has 3 N–H and O–H groups in total. The van der Waals surface area contributed by atoms with Crippen LogP contribution in [0.15, 0.2) is 46.5 Å². The molecule has 0 bridgehead atoms. The van der Waals surface area contributed by atoms with Gasteiger partial charge in [0.25, 0.3) is 0 Å². The van der Waals surface area contributed by atoms with Crippen LogP contribution in [0.5, 0.6) is 0 Å². The van der Waals surface area contributed by atoms with Crippen molar-refractivity contribution in [3.05, 3.63) is 53.2 Å². The highest BCUT2D eigenvalue weighted by atomic mass is 32.2. The van der Waals surface area contributed by atoms with Gasteiger partial charge in [-0.3, -0.25) is 0 Å². The molecule has 4 nitrogen and oxygen atoms in total. The standard InChI is InChI=1S/C18H22N4S/c1-2-23-17-10-13(8-9-20-17)12-21-18(19)22-16-7-6-14-4-3-5-15(14)11-16/h6-11H,2-5,12H2,1H3,(H3,19,21,22). The van der Waals surface area contributed by atoms with Gasteiger partial charge in [0.1, 0.15) is 0 Å². The number of fused-ring (bicyclic) bond motifs is 1. The van der Waals surface area contributed by atoms with Gasteiger partial charge in [0.2, 0.25) is 0 Å². The molecule has 0 saturated heterocycles. The quantitative estimate of drug-likeness (QED) is 0.500. The van der Waals surface area contributed by atoms with Gasteiger partial charge < -0.3 is 11.1 Å². The second kappa shape index (κ2) is 7.51. The van der Waals surface area contributed by atoms with Gasteiger partial charge in [0, 0.05) is 11.9 Å². The van der Waals surface area contributed by atoms with Gasteiger partial charge in [0.15, 0.2) is 5.96 Å². The molecule has 1 aromatic heterocycles. The summed E-state index contributed by atoms with van der Waals surface area (Å²) in [6.45, 7) is 2.68. The molecule has 0 spiro atoms. The molecule has 120 valence electrons. The molecule has 2 aromatic rings. The van der Waals surface area contributed by atoms with E-state index >= 15 is 0 Å². The normalized spacial score (nSPS) is 13.9. The molecule has 0 saturated carbocycles. The Labute approximate surface area is 141 Å². The maximum absolute atomic E-state index is 6.01. The van der Waals surface area contributed by atoms with E-state index in [2.05, 4.69) is 46.5 Å². The summed E-state index contributed by atoms with van der Waals surface area (Å²) < 4.78 is 0. The number of hydrogen-bond acceptors (Lipinski definition) is 3. The summed E-state index contributed by atoms with van der Waals surface area (Å²) in [5, 5.41) is 4.22. The van der Waals surface area contributed by atoms with E-state index in [9.17, 15) is 0 Å². The van der Waals surface area contributed by atoms with Crippen molar-refractivity contribution in [1.82, 2.24) is 4.98 Å². The van der Waals surface area contributed by atoms with Crippen molar-refractivity contribution in [3.8, 4) is 0 Å². The summed E-state index contributed by atoms with van der Waals surface area (Å²) in [6, 6.07) is 10.5. The van der Waals surface area contributed by atoms with Crippen LogP contribution >= 0.6 is 11.8 Å². The Morgan fingerprint density at radius 3 is 3.00 bits per heavy atom. The Balaban J connectivity index is 1.62. The van der Waals surface area contributed by atoms with Crippen molar-refractivity contribution in [3.63, 3.8) is 0 Å². The number of guanidine groups is 1. The number of aliphatic imine (C=N–C) groups is 1. The van der Waals surface area contributed by atoms with Gasteiger partial charge in [0.05, 0.1) is 11.6 Å². The zero-order valence-electron chi connectivity index (χ0n) is 13.4. The molecule has 0 atom stereocenters. The number of hydrogen-bond donors (Lipinski definition) is 2. The molecule has 0 aliphatic heterocycles. The van der Waals surface area contributed by atoms with Crippen LogP contribution in [0, 0.1) is 0 Å². The Bertz CT molecular complexity index is 712. The lowest BCUT2D eigenvalue weighted by molar-refractivity contribution is 0.912. The van der Waals surface area contributed by atoms with Gasteiger partial charge in [-0.05, 0) is 66.0 Å². The van der Waals surface area contributed by atoms with Gasteiger partial charge in [-0.2, -0.15) is 0 Å². The second-order valence-corrected chi connectivity index (χ2v) is 6.88. The van der Waals surface area contributed by atoms with Gasteiger partial charge in [-0.1, -0.05) is 13.0 Å². The molecule has 0 unspecified atom stereocenters. The van der Waals surface area contributed by atoms with Crippen molar-refractivity contribution >= 4 is 23.4 Å². The Morgan fingerprint density at radius 2 is 2.13 bits per heavy atom. The highest BCUT2D eigenvalue weighted by molar-refractivity contribution is 7.99. The molecule has 1 aliphatic carbocycles. The molecule has 3 rings (SSSR count). The number of thioether (sulfide) groups is 1. The molecule has 1 aliphatic rings. The van der Waals surface area contributed by atoms with Crippen molar-refractivity contribution < 1.29 is 0 Å². The first-order valence-corrected chi connectivity index (χ1v) is 8.99. The van der Waals surface area contributed by atoms with Gasteiger partial charge in [-0.15, -0.1) is 11.8 Å². The largest absolute Gasteiger partial charge is 0.370 e. The highest BCUT2D eigenvalue weighted by Gasteiger charge is 2.10. The summed E-state index contributed by atoms with van der Waals surface area (Å²) in [5.41, 5.74) is 11.0. The third-order valence-electron chi connectivity index (χ3n) is 3.89. The van der Waals surface area contributed by atoms with Crippen molar-refractivity contribution in [1.29, 1.82) is 0 Å². The predicted molar refractivity (Wildman–Crippen MR) is 98.1 cm³/mol. The van der Waals surface area contributed by atoms with E-state index < -0.39 is 0 Å². The van der Waals surface area contributed by atoms with E-state index in [0.29, 0.717) is 12.5 Å². The number of nitrogens with zero attached hydrogens (tertiary/aromatic N) is 2. The topological polar surface area (TPSA) is 63.3 Å². The van der Waals surface area contributed by atoms with Crippen LogP contribution in [0.3, 0.4) is 0 Å². The van der Waals surface area contributed by atoms with Crippen molar-refractivity contribution in [2.24, 2.45) is 10.7 Å². The number of pyridine rings is 1. The third kappa shape index (κ3) is 4.26. The molecule has 1 heterocycles. The fourth-order valence-corrected chi connectivity index (χ4v) is 3.45. The smallest absolute Gasteiger partial charge is 0.193 e. The number of aromatic nitrogens is 1. The first-order chi connectivity index (χ1) is 11.2. The van der Waals surface area contributed by atoms with Crippen LogP contribution in [0.2, 0.25) is 0 Å². The average Bonchev–Trinajstić information content (AvgIpc) is 3.01. The summed E-state index contributed by atoms with van der Waals surface area (Å²) >= 11 is 1.73. The van der Waals surface area contributed by atoms with Crippen molar-refractivity contribution in [2.75, 3.05) is 11.1 Å². The molecular formula is C18H22N4S. The number of benzene rings is 1. The van der Waals surface area contributed by atoms with Gasteiger partial charge >= 0.3 is 0 Å². The van der Waals surface area contributed by atoms with E-state index in [4.69, 9.17) is 5.73 Å². The van der Waals surface area contributed by atoms with Crippen LogP contribution < -0.4 is 11.1 Å². The van der Waals surface area contributed by atoms with E-state index in [-0.39, 0.29) is 0 Å². The van der Waals surface area contributed by atoms with Gasteiger partial charge in [-0.25, -0.2) is 9.98 Å². The third-order valence-corrected chi connectivity index (χ3v) is 4.70. The predicted octanol–water partition coefficient (Wildman–Crippen LogP) is 3.61. The minimum Gasteiger partial charge on any atom is -0.370 e. The molecule has 0 radical (unpaired) electrons. The highest BCUT2D eigenvalue weighted by Crippen LogP contribution is 2.24. The SMILES string of the molecule is CCSc1cc(CN=C(N)Nc2ccc3c(c2)CCC3)ccn1. The first-order valence-electron chi connectivity index (χ1n) is 8.01. The maximum atomic E-state index is 6.01. The van der Waals surface area contributed by atoms with Crippen LogP contribution in [0.25, 0.3) is 0 Å². The van der Waals surface area contributed by atoms with E-state index in [1.165, 1.54) is 24.0 Å². The Hall–Kier alpha value is -2.01. The first kappa shape index (κ1) is 15.9. The number of aryl methyl sites for hydroxylation is 2. The molecule has 23 heavy (non-hydrogen) atoms. The lowest BCUT2D eigenvalue weighted by Gasteiger charge is -2.08. The van der Waals surface area contributed by atoms with E-state index in [0.717, 1.165) is 28.5 Å². The fourth-order valence-electron chi connectivity index (χ4n) is 2.79. The van der Waals surface area contributed by atoms with E-state index in [1.54, 1.807) is 11.8 Å². The second-order valence-electron chi connectivity index (χ2n) is 5.60. The minimum absolute atomic E-state index is 0.449. The van der Waals surface area contributed by atoms with Crippen LogP contribution in [0.4, 0.5) is 5.69 Å². The van der Waals surface area contributed by atoms with Crippen LogP contribution in [-0.2, 0) is 19.4 Å². The molecule has 5 heteroatoms. The summed E-state index contributed by atoms with van der Waals surface area (Å²) in [6.07, 6.45) is 5.44. The maximum Gasteiger partial charge on any atom is 0.193 e. The zero-order chi connectivity index (χ0) is 16.1. The Kier molecular flexibility index (Phi) is 5.18. The van der Waals surface area contributed by atoms with E-state index in [1.807, 2.05) is 12.3 Å². The minimum atomic E-state index is 0.449. The average molecular weight is 326 g/mol. The number of nitrogens with one attached hydrogen (secondary N) is 1. The lowest BCUT2D eigenvalue weighted by Crippen LogP contribution is -2.22. The fraction of sp³-hybridized carbons (Fsp3) is 0.333. The Morgan fingerprint density at radius 1 is 1.26 bits per heavy atom. The molecule has 1 aromatic carbocycles. The summed E-state index contributed by atoms with van der Waals surface area (Å²) in [4.78, 5) is 8.76. The molecule has 0 amide bonds.